The second-order valence-electron chi connectivity index (χ2n) is 5.13. The fraction of sp³-hybridized carbons (Fsp3) is 0.538. The molecule has 0 radical (unpaired) electrons. The van der Waals surface area contributed by atoms with E-state index in [1.165, 1.54) is 0 Å². The molecule has 98 valence electrons. The summed E-state index contributed by atoms with van der Waals surface area (Å²) in [4.78, 5) is 16.5. The summed E-state index contributed by atoms with van der Waals surface area (Å²) in [6.45, 7) is 5.70. The molecule has 1 fully saturated rings. The van der Waals surface area contributed by atoms with Crippen molar-refractivity contribution in [3.05, 3.63) is 22.4 Å². The average Bonchev–Trinajstić information content (AvgIpc) is 2.35. The van der Waals surface area contributed by atoms with Gasteiger partial charge in [-0.1, -0.05) is 0 Å². The van der Waals surface area contributed by atoms with Crippen molar-refractivity contribution in [1.29, 1.82) is 0 Å². The molecule has 2 N–H and O–H groups in total. The number of amides is 1. The van der Waals surface area contributed by atoms with Gasteiger partial charge in [0, 0.05) is 6.54 Å². The smallest absolute Gasteiger partial charge is 0.231 e. The number of rotatable bonds is 2. The van der Waals surface area contributed by atoms with Gasteiger partial charge in [-0.15, -0.1) is 0 Å². The third-order valence-electron chi connectivity index (χ3n) is 3.42. The van der Waals surface area contributed by atoms with E-state index >= 15 is 0 Å². The van der Waals surface area contributed by atoms with Crippen LogP contribution in [0.15, 0.2) is 16.9 Å². The van der Waals surface area contributed by atoms with Gasteiger partial charge < -0.3 is 10.6 Å². The Morgan fingerprint density at radius 1 is 1.61 bits per heavy atom. The number of hydrogen-bond acceptors (Lipinski definition) is 3. The zero-order valence-corrected chi connectivity index (χ0v) is 12.3. The maximum absolute atomic E-state index is 12.3. The number of pyridine rings is 1. The fourth-order valence-corrected chi connectivity index (χ4v) is 2.38. The Bertz CT molecular complexity index is 456. The van der Waals surface area contributed by atoms with E-state index in [-0.39, 0.29) is 11.3 Å². The molecule has 0 bridgehead atoms. The average molecular weight is 312 g/mol. The Labute approximate surface area is 116 Å². The van der Waals surface area contributed by atoms with Crippen molar-refractivity contribution < 1.29 is 4.79 Å². The summed E-state index contributed by atoms with van der Waals surface area (Å²) in [5, 5.41) is 6.24. The van der Waals surface area contributed by atoms with Gasteiger partial charge in [-0.25, -0.2) is 4.98 Å². The van der Waals surface area contributed by atoms with Gasteiger partial charge >= 0.3 is 0 Å². The highest BCUT2D eigenvalue weighted by molar-refractivity contribution is 9.10. The van der Waals surface area contributed by atoms with Crippen molar-refractivity contribution in [2.24, 2.45) is 5.41 Å². The molecule has 1 aromatic rings. The lowest BCUT2D eigenvalue weighted by Crippen LogP contribution is -2.46. The van der Waals surface area contributed by atoms with Crippen LogP contribution in [0.1, 0.15) is 25.3 Å². The number of carbonyl (C=O) groups excluding carboxylic acids is 1. The van der Waals surface area contributed by atoms with Crippen LogP contribution >= 0.6 is 15.9 Å². The number of anilines is 1. The lowest BCUT2D eigenvalue weighted by molar-refractivity contribution is -0.125. The summed E-state index contributed by atoms with van der Waals surface area (Å²) < 4.78 is 0.811. The van der Waals surface area contributed by atoms with Crippen LogP contribution in [-0.4, -0.2) is 24.0 Å². The monoisotopic (exact) mass is 311 g/mol. The Kier molecular flexibility index (Phi) is 4.02. The number of aromatic nitrogens is 1. The molecule has 0 saturated carbocycles. The Hall–Kier alpha value is -0.940. The minimum absolute atomic E-state index is 0.0678. The highest BCUT2D eigenvalue weighted by atomic mass is 79.9. The predicted molar refractivity (Wildman–Crippen MR) is 75.5 cm³/mol. The van der Waals surface area contributed by atoms with E-state index in [1.807, 2.05) is 19.9 Å². The summed E-state index contributed by atoms with van der Waals surface area (Å²) in [7, 11) is 0. The molecule has 2 rings (SSSR count). The molecule has 18 heavy (non-hydrogen) atoms. The molecule has 1 saturated heterocycles. The van der Waals surface area contributed by atoms with Gasteiger partial charge in [0.25, 0.3) is 0 Å². The number of hydrogen-bond donors (Lipinski definition) is 2. The van der Waals surface area contributed by atoms with Crippen molar-refractivity contribution in [1.82, 2.24) is 10.3 Å². The first-order valence-corrected chi connectivity index (χ1v) is 6.95. The van der Waals surface area contributed by atoms with Gasteiger partial charge in [-0.05, 0) is 60.8 Å². The van der Waals surface area contributed by atoms with Gasteiger partial charge in [-0.2, -0.15) is 0 Å². The van der Waals surface area contributed by atoms with E-state index in [4.69, 9.17) is 0 Å². The number of piperidine rings is 1. The third kappa shape index (κ3) is 2.90. The van der Waals surface area contributed by atoms with E-state index in [2.05, 4.69) is 31.5 Å². The molecule has 1 aromatic heterocycles. The Balaban J connectivity index is 2.08. The second kappa shape index (κ2) is 5.36. The summed E-state index contributed by atoms with van der Waals surface area (Å²) in [5.74, 6) is 0.0678. The van der Waals surface area contributed by atoms with Crippen LogP contribution < -0.4 is 10.6 Å². The van der Waals surface area contributed by atoms with Crippen molar-refractivity contribution >= 4 is 27.5 Å². The minimum Gasteiger partial charge on any atom is -0.324 e. The summed E-state index contributed by atoms with van der Waals surface area (Å²) in [6.07, 6.45) is 3.64. The lowest BCUT2D eigenvalue weighted by Gasteiger charge is -2.32. The predicted octanol–water partition coefficient (Wildman–Crippen LogP) is 2.48. The zero-order valence-electron chi connectivity index (χ0n) is 10.7. The van der Waals surface area contributed by atoms with Crippen LogP contribution in [0.25, 0.3) is 0 Å². The number of halogens is 1. The van der Waals surface area contributed by atoms with Crippen LogP contribution in [0.3, 0.4) is 0 Å². The maximum Gasteiger partial charge on any atom is 0.231 e. The van der Waals surface area contributed by atoms with Gasteiger partial charge in [0.15, 0.2) is 0 Å². The van der Waals surface area contributed by atoms with Crippen molar-refractivity contribution in [2.45, 2.75) is 26.7 Å². The third-order valence-corrected chi connectivity index (χ3v) is 4.25. The topological polar surface area (TPSA) is 54.0 Å². The molecular formula is C13H18BrN3O. The minimum atomic E-state index is -0.320. The molecule has 1 unspecified atom stereocenters. The van der Waals surface area contributed by atoms with E-state index in [0.717, 1.165) is 41.8 Å². The molecule has 1 atom stereocenters. The first kappa shape index (κ1) is 13.5. The summed E-state index contributed by atoms with van der Waals surface area (Å²) >= 11 is 3.35. The van der Waals surface area contributed by atoms with Crippen LogP contribution in [0.4, 0.5) is 5.69 Å². The molecule has 0 aromatic carbocycles. The number of nitrogens with zero attached hydrogens (tertiary/aromatic N) is 1. The van der Waals surface area contributed by atoms with Crippen LogP contribution in [0.5, 0.6) is 0 Å². The van der Waals surface area contributed by atoms with Crippen LogP contribution in [-0.2, 0) is 4.79 Å². The molecule has 4 nitrogen and oxygen atoms in total. The lowest BCUT2D eigenvalue weighted by atomic mass is 9.82. The van der Waals surface area contributed by atoms with Crippen molar-refractivity contribution in [2.75, 3.05) is 18.4 Å². The first-order chi connectivity index (χ1) is 8.51. The molecule has 1 aliphatic heterocycles. The zero-order chi connectivity index (χ0) is 13.2. The second-order valence-corrected chi connectivity index (χ2v) is 5.88. The standard InChI is InChI=1S/C13H18BrN3O/c1-9-6-10(7-16-11(9)14)17-12(18)13(2)4-3-5-15-8-13/h6-7,15H,3-5,8H2,1-2H3,(H,17,18). The molecule has 0 aliphatic carbocycles. The quantitative estimate of drug-likeness (QED) is 0.825. The van der Waals surface area contributed by atoms with E-state index < -0.39 is 0 Å². The highest BCUT2D eigenvalue weighted by Crippen LogP contribution is 2.27. The van der Waals surface area contributed by atoms with Gasteiger partial charge in [0.2, 0.25) is 5.91 Å². The number of aryl methyl sites for hydroxylation is 1. The largest absolute Gasteiger partial charge is 0.324 e. The molecule has 2 heterocycles. The summed E-state index contributed by atoms with van der Waals surface area (Å²) in [6, 6.07) is 1.93. The van der Waals surface area contributed by atoms with Crippen LogP contribution in [0.2, 0.25) is 0 Å². The Morgan fingerprint density at radius 2 is 2.39 bits per heavy atom. The molecule has 1 amide bonds. The highest BCUT2D eigenvalue weighted by Gasteiger charge is 2.34. The maximum atomic E-state index is 12.3. The number of nitrogens with one attached hydrogen (secondary N) is 2. The van der Waals surface area contributed by atoms with Crippen LogP contribution in [0, 0.1) is 12.3 Å². The van der Waals surface area contributed by atoms with E-state index in [9.17, 15) is 4.79 Å². The van der Waals surface area contributed by atoms with Gasteiger partial charge in [-0.3, -0.25) is 4.79 Å². The van der Waals surface area contributed by atoms with Gasteiger partial charge in [0.1, 0.15) is 4.60 Å². The Morgan fingerprint density at radius 3 is 3.00 bits per heavy atom. The van der Waals surface area contributed by atoms with Gasteiger partial charge in [0.05, 0.1) is 17.3 Å². The fourth-order valence-electron chi connectivity index (χ4n) is 2.16. The first-order valence-electron chi connectivity index (χ1n) is 6.16. The number of carbonyl (C=O) groups is 1. The normalized spacial score (nSPS) is 23.7. The van der Waals surface area contributed by atoms with E-state index in [1.54, 1.807) is 6.20 Å². The molecule has 5 heteroatoms. The summed E-state index contributed by atoms with van der Waals surface area (Å²) in [5.41, 5.74) is 1.45. The van der Waals surface area contributed by atoms with Crippen molar-refractivity contribution in [3.63, 3.8) is 0 Å². The van der Waals surface area contributed by atoms with Crippen molar-refractivity contribution in [3.8, 4) is 0 Å². The molecular weight excluding hydrogens is 294 g/mol. The van der Waals surface area contributed by atoms with E-state index in [0.29, 0.717) is 0 Å². The SMILES string of the molecule is Cc1cc(NC(=O)C2(C)CCCNC2)cnc1Br. The molecule has 1 aliphatic rings. The molecule has 0 spiro atoms.